The Labute approximate surface area is 211 Å². The molecule has 2 aliphatic rings. The molecule has 6 nitrogen and oxygen atoms in total. The van der Waals surface area contributed by atoms with Crippen LogP contribution in [0, 0.1) is 0 Å². The van der Waals surface area contributed by atoms with Crippen LogP contribution in [0.2, 0.25) is 5.02 Å². The Morgan fingerprint density at radius 3 is 2.63 bits per heavy atom. The van der Waals surface area contributed by atoms with Crippen molar-refractivity contribution in [2.24, 2.45) is 0 Å². The standard InChI is InChI=1S/C27H35ClFN3O3/c1-17(33)32-22(12-18-5-7-20(28)8-6-18)24(34)16-30-23-14-27(9-4-10-27)35-25-21(23)11-19(15-31-25)13-26(2,3)29/h5-8,11,15,22-24,30,34H,4,9-10,12-14,16H2,1-3H3,(H,32,33)/t22-,23-,24+/m0/s1. The minimum Gasteiger partial charge on any atom is -0.471 e. The molecular formula is C27H35ClFN3O3. The van der Waals surface area contributed by atoms with Gasteiger partial charge in [-0.1, -0.05) is 23.7 Å². The van der Waals surface area contributed by atoms with E-state index in [2.05, 4.69) is 15.6 Å². The van der Waals surface area contributed by atoms with E-state index < -0.39 is 17.8 Å². The van der Waals surface area contributed by atoms with Crippen molar-refractivity contribution in [1.82, 2.24) is 15.6 Å². The van der Waals surface area contributed by atoms with Crippen LogP contribution < -0.4 is 15.4 Å². The van der Waals surface area contributed by atoms with Gasteiger partial charge in [-0.3, -0.25) is 4.79 Å². The van der Waals surface area contributed by atoms with Crippen LogP contribution in [0.4, 0.5) is 4.39 Å². The second-order valence-electron chi connectivity index (χ2n) is 10.6. The van der Waals surface area contributed by atoms with Gasteiger partial charge in [0.15, 0.2) is 0 Å². The van der Waals surface area contributed by atoms with Gasteiger partial charge in [0.1, 0.15) is 11.3 Å². The molecule has 190 valence electrons. The summed E-state index contributed by atoms with van der Waals surface area (Å²) >= 11 is 5.99. The molecule has 1 saturated carbocycles. The largest absolute Gasteiger partial charge is 0.471 e. The first-order valence-corrected chi connectivity index (χ1v) is 12.7. The number of halogens is 2. The number of hydrogen-bond donors (Lipinski definition) is 3. The number of hydrogen-bond acceptors (Lipinski definition) is 5. The van der Waals surface area contributed by atoms with Crippen molar-refractivity contribution in [3.63, 3.8) is 0 Å². The lowest BCUT2D eigenvalue weighted by molar-refractivity contribution is -0.120. The number of aromatic nitrogens is 1. The van der Waals surface area contributed by atoms with Crippen LogP contribution in [0.3, 0.4) is 0 Å². The molecular weight excluding hydrogens is 469 g/mol. The highest BCUT2D eigenvalue weighted by molar-refractivity contribution is 6.30. The zero-order valence-corrected chi connectivity index (χ0v) is 21.4. The molecule has 0 radical (unpaired) electrons. The van der Waals surface area contributed by atoms with Gasteiger partial charge in [-0.15, -0.1) is 0 Å². The average Bonchev–Trinajstić information content (AvgIpc) is 2.75. The van der Waals surface area contributed by atoms with Crippen molar-refractivity contribution in [3.8, 4) is 5.88 Å². The zero-order chi connectivity index (χ0) is 25.2. The maximum Gasteiger partial charge on any atom is 0.218 e. The zero-order valence-electron chi connectivity index (χ0n) is 20.6. The summed E-state index contributed by atoms with van der Waals surface area (Å²) in [6.45, 7) is 4.84. The van der Waals surface area contributed by atoms with Crippen molar-refractivity contribution in [2.45, 2.75) is 88.8 Å². The number of aliphatic hydroxyl groups excluding tert-OH is 1. The van der Waals surface area contributed by atoms with Crippen molar-refractivity contribution in [2.75, 3.05) is 6.54 Å². The molecule has 0 saturated heterocycles. The summed E-state index contributed by atoms with van der Waals surface area (Å²) in [6, 6.07) is 8.81. The van der Waals surface area contributed by atoms with Crippen LogP contribution >= 0.6 is 11.6 Å². The number of amides is 1. The molecule has 1 amide bonds. The molecule has 2 aromatic rings. The minimum absolute atomic E-state index is 0.0858. The van der Waals surface area contributed by atoms with E-state index in [1.165, 1.54) is 6.92 Å². The first-order valence-electron chi connectivity index (χ1n) is 12.3. The van der Waals surface area contributed by atoms with Gasteiger partial charge in [0.05, 0.1) is 12.1 Å². The third-order valence-electron chi connectivity index (χ3n) is 6.88. The number of ether oxygens (including phenoxy) is 1. The van der Waals surface area contributed by atoms with Gasteiger partial charge < -0.3 is 20.5 Å². The molecule has 1 aliphatic heterocycles. The number of carbonyl (C=O) groups excluding carboxylic acids is 1. The topological polar surface area (TPSA) is 83.5 Å². The third kappa shape index (κ3) is 6.72. The number of rotatable bonds is 9. The van der Waals surface area contributed by atoms with E-state index in [4.69, 9.17) is 16.3 Å². The molecule has 1 aromatic heterocycles. The molecule has 0 unspecified atom stereocenters. The Morgan fingerprint density at radius 1 is 1.31 bits per heavy atom. The molecule has 35 heavy (non-hydrogen) atoms. The highest BCUT2D eigenvalue weighted by Crippen LogP contribution is 2.48. The van der Waals surface area contributed by atoms with Gasteiger partial charge in [-0.25, -0.2) is 9.37 Å². The number of pyridine rings is 1. The second kappa shape index (κ2) is 10.4. The Kier molecular flexibility index (Phi) is 7.69. The Hall–Kier alpha value is -2.22. The fraction of sp³-hybridized carbons (Fsp3) is 0.556. The fourth-order valence-corrected chi connectivity index (χ4v) is 5.17. The molecule has 2 heterocycles. The van der Waals surface area contributed by atoms with E-state index in [-0.39, 0.29) is 30.5 Å². The van der Waals surface area contributed by atoms with Crippen molar-refractivity contribution < 1.29 is 19.0 Å². The predicted molar refractivity (Wildman–Crippen MR) is 134 cm³/mol. The van der Waals surface area contributed by atoms with Gasteiger partial charge in [0.25, 0.3) is 0 Å². The van der Waals surface area contributed by atoms with Gasteiger partial charge >= 0.3 is 0 Å². The third-order valence-corrected chi connectivity index (χ3v) is 7.14. The first kappa shape index (κ1) is 25.9. The number of benzene rings is 1. The van der Waals surface area contributed by atoms with Gasteiger partial charge in [-0.2, -0.15) is 0 Å². The summed E-state index contributed by atoms with van der Waals surface area (Å²) in [7, 11) is 0. The molecule has 1 spiro atoms. The molecule has 0 bridgehead atoms. The van der Waals surface area contributed by atoms with Crippen LogP contribution in [0.25, 0.3) is 0 Å². The van der Waals surface area contributed by atoms with E-state index in [0.717, 1.165) is 42.4 Å². The lowest BCUT2D eigenvalue weighted by atomic mass is 9.73. The molecule has 3 atom stereocenters. The quantitative estimate of drug-likeness (QED) is 0.470. The average molecular weight is 504 g/mol. The summed E-state index contributed by atoms with van der Waals surface area (Å²) in [6.07, 6.45) is 5.44. The highest BCUT2D eigenvalue weighted by Gasteiger charge is 2.46. The Morgan fingerprint density at radius 2 is 2.03 bits per heavy atom. The predicted octanol–water partition coefficient (Wildman–Crippen LogP) is 4.47. The molecule has 1 aliphatic carbocycles. The molecule has 4 rings (SSSR count). The number of fused-ring (bicyclic) bond motifs is 1. The molecule has 1 fully saturated rings. The normalized spacial score (nSPS) is 20.3. The van der Waals surface area contributed by atoms with Gasteiger partial charge in [-0.05, 0) is 68.9 Å². The van der Waals surface area contributed by atoms with Crippen LogP contribution in [-0.2, 0) is 17.6 Å². The Balaban J connectivity index is 1.49. The van der Waals surface area contributed by atoms with E-state index >= 15 is 0 Å². The second-order valence-corrected chi connectivity index (χ2v) is 11.1. The molecule has 3 N–H and O–H groups in total. The first-order chi connectivity index (χ1) is 16.5. The summed E-state index contributed by atoms with van der Waals surface area (Å²) in [5.41, 5.74) is 1.11. The van der Waals surface area contributed by atoms with Crippen molar-refractivity contribution >= 4 is 17.5 Å². The summed E-state index contributed by atoms with van der Waals surface area (Å²) < 4.78 is 20.6. The van der Waals surface area contributed by atoms with Crippen molar-refractivity contribution in [3.05, 3.63) is 58.2 Å². The Bertz CT molecular complexity index is 1040. The minimum atomic E-state index is -1.34. The smallest absolute Gasteiger partial charge is 0.218 e. The number of nitrogens with one attached hydrogen (secondary N) is 2. The van der Waals surface area contributed by atoms with E-state index in [1.807, 2.05) is 18.2 Å². The summed E-state index contributed by atoms with van der Waals surface area (Å²) in [4.78, 5) is 16.4. The van der Waals surface area contributed by atoms with Gasteiger partial charge in [0.2, 0.25) is 11.8 Å². The summed E-state index contributed by atoms with van der Waals surface area (Å²) in [5.74, 6) is 0.387. The number of carbonyl (C=O) groups is 1. The van der Waals surface area contributed by atoms with Crippen molar-refractivity contribution in [1.29, 1.82) is 0 Å². The van der Waals surface area contributed by atoms with Crippen LogP contribution in [0.15, 0.2) is 36.5 Å². The monoisotopic (exact) mass is 503 g/mol. The van der Waals surface area contributed by atoms with Crippen LogP contribution in [0.1, 0.15) is 69.2 Å². The molecule has 1 aromatic carbocycles. The van der Waals surface area contributed by atoms with Crippen LogP contribution in [0.5, 0.6) is 5.88 Å². The maximum absolute atomic E-state index is 14.3. The maximum atomic E-state index is 14.3. The van der Waals surface area contributed by atoms with E-state index in [0.29, 0.717) is 17.3 Å². The highest BCUT2D eigenvalue weighted by atomic mass is 35.5. The lowest BCUT2D eigenvalue weighted by Crippen LogP contribution is -2.52. The summed E-state index contributed by atoms with van der Waals surface area (Å²) in [5, 5.41) is 18.1. The SMILES string of the molecule is CC(=O)N[C@@H](Cc1ccc(Cl)cc1)[C@H](O)CN[C@H]1CC2(CCC2)Oc2ncc(CC(C)(C)F)cc21. The van der Waals surface area contributed by atoms with E-state index in [1.54, 1.807) is 32.2 Å². The molecule has 8 heteroatoms. The van der Waals surface area contributed by atoms with Crippen LogP contribution in [-0.4, -0.2) is 46.0 Å². The fourth-order valence-electron chi connectivity index (χ4n) is 5.04. The van der Waals surface area contributed by atoms with Gasteiger partial charge in [0, 0.05) is 49.1 Å². The number of nitrogens with zero attached hydrogens (tertiary/aromatic N) is 1. The number of alkyl halides is 1. The number of aliphatic hydroxyl groups is 1. The van der Waals surface area contributed by atoms with E-state index in [9.17, 15) is 14.3 Å². The lowest BCUT2D eigenvalue weighted by Gasteiger charge is -2.47.